The highest BCUT2D eigenvalue weighted by Crippen LogP contribution is 2.61. The van der Waals surface area contributed by atoms with E-state index < -0.39 is 17.7 Å². The molecule has 4 aliphatic carbocycles. The van der Waals surface area contributed by atoms with Gasteiger partial charge in [0, 0.05) is 19.1 Å². The van der Waals surface area contributed by atoms with Crippen LogP contribution in [0.5, 0.6) is 0 Å². The first-order chi connectivity index (χ1) is 12.8. The molecule has 1 aliphatic heterocycles. The molecule has 0 aromatic heterocycles. The van der Waals surface area contributed by atoms with E-state index in [4.69, 9.17) is 0 Å². The molecule has 0 aromatic carbocycles. The summed E-state index contributed by atoms with van der Waals surface area (Å²) in [4.78, 5) is 26.0. The third-order valence-corrected chi connectivity index (χ3v) is 7.80. The van der Waals surface area contributed by atoms with Gasteiger partial charge in [-0.3, -0.25) is 9.59 Å². The van der Waals surface area contributed by atoms with Gasteiger partial charge in [-0.1, -0.05) is 12.8 Å². The Morgan fingerprint density at radius 1 is 0.963 bits per heavy atom. The van der Waals surface area contributed by atoms with Crippen molar-refractivity contribution in [2.45, 2.75) is 83.1 Å². The lowest BCUT2D eigenvalue weighted by Crippen LogP contribution is -2.60. The third kappa shape index (κ3) is 3.49. The molecule has 6 heteroatoms. The van der Waals surface area contributed by atoms with Crippen LogP contribution in [-0.2, 0) is 9.59 Å². The molecule has 27 heavy (non-hydrogen) atoms. The summed E-state index contributed by atoms with van der Waals surface area (Å²) in [5.74, 6) is -4.62. The molecule has 152 valence electrons. The Kier molecular flexibility index (Phi) is 4.96. The molecule has 0 radical (unpaired) electrons. The summed E-state index contributed by atoms with van der Waals surface area (Å²) in [5.41, 5.74) is -0.0495. The van der Waals surface area contributed by atoms with Crippen molar-refractivity contribution in [1.29, 1.82) is 0 Å². The second-order valence-corrected chi connectivity index (χ2v) is 9.76. The minimum atomic E-state index is -3.97. The molecule has 1 heterocycles. The quantitative estimate of drug-likeness (QED) is 0.753. The number of likely N-dealkylation sites (tertiary alicyclic amines) is 1. The van der Waals surface area contributed by atoms with Crippen molar-refractivity contribution in [1.82, 2.24) is 10.2 Å². The van der Waals surface area contributed by atoms with Crippen molar-refractivity contribution < 1.29 is 18.4 Å². The number of carbonyl (C=O) groups is 2. The van der Waals surface area contributed by atoms with Crippen LogP contribution < -0.4 is 5.32 Å². The maximum absolute atomic E-state index is 14.7. The van der Waals surface area contributed by atoms with Crippen molar-refractivity contribution >= 4 is 11.8 Å². The third-order valence-electron chi connectivity index (χ3n) is 7.80. The Hall–Kier alpha value is -1.20. The Morgan fingerprint density at radius 2 is 1.44 bits per heavy atom. The maximum atomic E-state index is 14.7. The molecule has 1 atom stereocenters. The monoisotopic (exact) mass is 382 g/mol. The molecule has 1 N–H and O–H groups in total. The number of nitrogens with zero attached hydrogens (tertiary/aromatic N) is 1. The Morgan fingerprint density at radius 3 is 1.93 bits per heavy atom. The normalized spacial score (nSPS) is 37.0. The highest BCUT2D eigenvalue weighted by Gasteiger charge is 2.56. The molecule has 5 aliphatic rings. The largest absolute Gasteiger partial charge is 0.400 e. The molecular weight excluding hydrogens is 350 g/mol. The molecule has 4 saturated carbocycles. The van der Waals surface area contributed by atoms with Crippen LogP contribution in [0.2, 0.25) is 0 Å². The molecule has 1 saturated heterocycles. The lowest BCUT2D eigenvalue weighted by Gasteiger charge is -2.59. The minimum absolute atomic E-state index is 0.0495. The van der Waals surface area contributed by atoms with Gasteiger partial charge in [0.15, 0.2) is 0 Å². The second-order valence-electron chi connectivity index (χ2n) is 9.76. The van der Waals surface area contributed by atoms with Crippen molar-refractivity contribution in [3.05, 3.63) is 0 Å². The number of alkyl halides is 2. The summed E-state index contributed by atoms with van der Waals surface area (Å²) in [6.07, 6.45) is 10.3. The van der Waals surface area contributed by atoms with Crippen LogP contribution in [0.4, 0.5) is 8.78 Å². The molecule has 0 aromatic rings. The highest BCUT2D eigenvalue weighted by molar-refractivity contribution is 6.06. The molecule has 0 spiro atoms. The fourth-order valence-corrected chi connectivity index (χ4v) is 6.72. The van der Waals surface area contributed by atoms with Crippen LogP contribution in [0.15, 0.2) is 0 Å². The minimum Gasteiger partial charge on any atom is -0.347 e. The fraction of sp³-hybridized carbons (Fsp3) is 0.905. The predicted molar refractivity (Wildman–Crippen MR) is 98.2 cm³/mol. The first kappa shape index (κ1) is 19.1. The molecule has 1 unspecified atom stereocenters. The van der Waals surface area contributed by atoms with E-state index in [9.17, 15) is 18.4 Å². The van der Waals surface area contributed by atoms with Crippen LogP contribution in [0.25, 0.3) is 0 Å². The van der Waals surface area contributed by atoms with Crippen molar-refractivity contribution in [3.8, 4) is 0 Å². The molecular formula is C21H32F2N2O2. The SMILES string of the molecule is CC(NC(=O)C(F)(F)C(=O)N1CCCCCC1)C12CC3CC(CC(C3)C1)C2. The van der Waals surface area contributed by atoms with Crippen molar-refractivity contribution in [3.63, 3.8) is 0 Å². The van der Waals surface area contributed by atoms with Crippen LogP contribution in [-0.4, -0.2) is 41.8 Å². The first-order valence-corrected chi connectivity index (χ1v) is 10.8. The van der Waals surface area contributed by atoms with Crippen LogP contribution >= 0.6 is 0 Å². The van der Waals surface area contributed by atoms with Gasteiger partial charge in [-0.25, -0.2) is 0 Å². The van der Waals surface area contributed by atoms with Crippen LogP contribution in [0.3, 0.4) is 0 Å². The summed E-state index contributed by atoms with van der Waals surface area (Å²) >= 11 is 0. The van der Waals surface area contributed by atoms with Gasteiger partial charge in [-0.05, 0) is 81.5 Å². The molecule has 5 fully saturated rings. The lowest BCUT2D eigenvalue weighted by atomic mass is 9.48. The number of nitrogens with one attached hydrogen (secondary N) is 1. The molecule has 4 bridgehead atoms. The highest BCUT2D eigenvalue weighted by atomic mass is 19.3. The maximum Gasteiger partial charge on any atom is 0.400 e. The zero-order valence-corrected chi connectivity index (χ0v) is 16.3. The predicted octanol–water partition coefficient (Wildman–Crippen LogP) is 3.75. The summed E-state index contributed by atoms with van der Waals surface area (Å²) in [6.45, 7) is 2.52. The average molecular weight is 382 g/mol. The second kappa shape index (κ2) is 7.00. The van der Waals surface area contributed by atoms with E-state index in [1.807, 2.05) is 6.92 Å². The van der Waals surface area contributed by atoms with Gasteiger partial charge in [0.05, 0.1) is 0 Å². The average Bonchev–Trinajstić information content (AvgIpc) is 2.89. The van der Waals surface area contributed by atoms with E-state index in [1.165, 1.54) is 24.2 Å². The summed E-state index contributed by atoms with van der Waals surface area (Å²) in [6, 6.07) is -0.304. The standard InChI is InChI=1S/C21H32F2N2O2/c1-14(20-11-15-8-16(12-20)10-17(9-15)13-20)24-18(26)21(22,23)19(27)25-6-4-2-3-5-7-25/h14-17H,2-13H2,1H3,(H,24,26). The number of carbonyl (C=O) groups excluding carboxylic acids is 2. The number of hydrogen-bond acceptors (Lipinski definition) is 2. The zero-order chi connectivity index (χ0) is 19.2. The van der Waals surface area contributed by atoms with Gasteiger partial charge in [0.25, 0.3) is 0 Å². The lowest BCUT2D eigenvalue weighted by molar-refractivity contribution is -0.169. The summed E-state index contributed by atoms with van der Waals surface area (Å²) in [7, 11) is 0. The van der Waals surface area contributed by atoms with Crippen LogP contribution in [0, 0.1) is 23.2 Å². The van der Waals surface area contributed by atoms with Gasteiger partial charge in [-0.15, -0.1) is 0 Å². The van der Waals surface area contributed by atoms with Gasteiger partial charge in [0.1, 0.15) is 0 Å². The van der Waals surface area contributed by atoms with Gasteiger partial charge >= 0.3 is 17.7 Å². The van der Waals surface area contributed by atoms with E-state index in [0.29, 0.717) is 30.8 Å². The van der Waals surface area contributed by atoms with Crippen molar-refractivity contribution in [2.75, 3.05) is 13.1 Å². The van der Waals surface area contributed by atoms with E-state index in [1.54, 1.807) is 0 Å². The number of amides is 2. The Labute approximate surface area is 160 Å². The first-order valence-electron chi connectivity index (χ1n) is 10.8. The van der Waals surface area contributed by atoms with E-state index >= 15 is 0 Å². The van der Waals surface area contributed by atoms with Gasteiger partial charge in [-0.2, -0.15) is 8.78 Å². The fourth-order valence-electron chi connectivity index (χ4n) is 6.72. The Balaban J connectivity index is 1.42. The smallest absolute Gasteiger partial charge is 0.347 e. The Bertz CT molecular complexity index is 564. The number of rotatable bonds is 4. The van der Waals surface area contributed by atoms with E-state index in [0.717, 1.165) is 44.9 Å². The molecule has 4 nitrogen and oxygen atoms in total. The van der Waals surface area contributed by atoms with E-state index in [2.05, 4.69) is 5.32 Å². The van der Waals surface area contributed by atoms with Gasteiger partial charge < -0.3 is 10.2 Å². The van der Waals surface area contributed by atoms with Gasteiger partial charge in [0.2, 0.25) is 0 Å². The zero-order valence-electron chi connectivity index (χ0n) is 16.3. The van der Waals surface area contributed by atoms with E-state index in [-0.39, 0.29) is 11.5 Å². The summed E-state index contributed by atoms with van der Waals surface area (Å²) in [5, 5.41) is 2.58. The number of hydrogen-bond donors (Lipinski definition) is 1. The van der Waals surface area contributed by atoms with Crippen molar-refractivity contribution in [2.24, 2.45) is 23.2 Å². The number of halogens is 2. The topological polar surface area (TPSA) is 49.4 Å². The molecule has 2 amide bonds. The van der Waals surface area contributed by atoms with Crippen LogP contribution in [0.1, 0.15) is 71.1 Å². The summed E-state index contributed by atoms with van der Waals surface area (Å²) < 4.78 is 29.3. The molecule has 5 rings (SSSR count).